The Labute approximate surface area is 92.2 Å². The second kappa shape index (κ2) is 5.08. The van der Waals surface area contributed by atoms with Crippen LogP contribution in [0, 0.1) is 0 Å². The van der Waals surface area contributed by atoms with Crippen molar-refractivity contribution in [1.29, 1.82) is 0 Å². The number of hydrogen-bond donors (Lipinski definition) is 4. The lowest BCUT2D eigenvalue weighted by molar-refractivity contribution is -0.119. The molecule has 0 spiro atoms. The zero-order chi connectivity index (χ0) is 12.1. The zero-order valence-electron chi connectivity index (χ0n) is 8.73. The van der Waals surface area contributed by atoms with Crippen molar-refractivity contribution in [2.75, 3.05) is 5.43 Å². The van der Waals surface area contributed by atoms with Crippen LogP contribution in [0.25, 0.3) is 0 Å². The van der Waals surface area contributed by atoms with Crippen molar-refractivity contribution in [3.63, 3.8) is 0 Å². The topological polar surface area (TPSA) is 123 Å². The van der Waals surface area contributed by atoms with E-state index in [9.17, 15) is 9.59 Å². The number of primary amides is 1. The van der Waals surface area contributed by atoms with E-state index < -0.39 is 17.9 Å². The second-order valence-corrected chi connectivity index (χ2v) is 3.16. The third-order valence-corrected chi connectivity index (χ3v) is 2.00. The van der Waals surface area contributed by atoms with E-state index >= 15 is 0 Å². The van der Waals surface area contributed by atoms with Crippen LogP contribution >= 0.6 is 0 Å². The van der Waals surface area contributed by atoms with Crippen LogP contribution in [0.4, 0.5) is 5.69 Å². The molecule has 7 nitrogen and oxygen atoms in total. The zero-order valence-corrected chi connectivity index (χ0v) is 8.73. The molecular formula is C9H13N5O2. The molecule has 2 amide bonds. The molecule has 6 N–H and O–H groups in total. The van der Waals surface area contributed by atoms with Gasteiger partial charge in [-0.15, -0.1) is 0 Å². The summed E-state index contributed by atoms with van der Waals surface area (Å²) < 4.78 is 0. The van der Waals surface area contributed by atoms with Gasteiger partial charge < -0.3 is 16.5 Å². The maximum atomic E-state index is 11.7. The predicted octanol–water partition coefficient (Wildman–Crippen LogP) is -1.03. The molecule has 0 bridgehead atoms. The van der Waals surface area contributed by atoms with Crippen molar-refractivity contribution in [3.8, 4) is 0 Å². The van der Waals surface area contributed by atoms with Gasteiger partial charge in [0.2, 0.25) is 5.91 Å². The summed E-state index contributed by atoms with van der Waals surface area (Å²) >= 11 is 0. The number of nitrogens with one attached hydrogen (secondary N) is 2. The fourth-order valence-corrected chi connectivity index (χ4v) is 1.05. The van der Waals surface area contributed by atoms with E-state index in [2.05, 4.69) is 15.7 Å². The van der Waals surface area contributed by atoms with Gasteiger partial charge in [0.15, 0.2) is 0 Å². The molecule has 0 aromatic carbocycles. The van der Waals surface area contributed by atoms with Gasteiger partial charge in [0, 0.05) is 12.4 Å². The lowest BCUT2D eigenvalue weighted by Crippen LogP contribution is -2.42. The number of nitrogens with zero attached hydrogens (tertiary/aromatic N) is 1. The van der Waals surface area contributed by atoms with Gasteiger partial charge >= 0.3 is 0 Å². The molecule has 0 radical (unpaired) electrons. The second-order valence-electron chi connectivity index (χ2n) is 3.16. The number of amides is 2. The number of nitrogen functional groups attached to an aromatic ring is 1. The van der Waals surface area contributed by atoms with Crippen LogP contribution < -0.4 is 22.3 Å². The maximum absolute atomic E-state index is 11.7. The highest BCUT2D eigenvalue weighted by atomic mass is 16.2. The molecular weight excluding hydrogens is 210 g/mol. The van der Waals surface area contributed by atoms with E-state index in [1.165, 1.54) is 19.3 Å². The molecule has 0 saturated heterocycles. The first kappa shape index (κ1) is 11.9. The maximum Gasteiger partial charge on any atom is 0.255 e. The average molecular weight is 223 g/mol. The Balaban J connectivity index is 2.84. The fourth-order valence-electron chi connectivity index (χ4n) is 1.05. The summed E-state index contributed by atoms with van der Waals surface area (Å²) in [7, 11) is 0. The molecule has 1 heterocycles. The summed E-state index contributed by atoms with van der Waals surface area (Å²) in [4.78, 5) is 26.3. The van der Waals surface area contributed by atoms with Gasteiger partial charge in [-0.2, -0.15) is 0 Å². The molecule has 0 aliphatic carbocycles. The number of rotatable bonds is 4. The van der Waals surface area contributed by atoms with Crippen molar-refractivity contribution < 1.29 is 9.59 Å². The summed E-state index contributed by atoms with van der Waals surface area (Å²) in [5.41, 5.74) is 8.05. The standard InChI is InChI=1S/C9H13N5O2/c1-5(8(10)15)13-9(16)6-4-12-3-2-7(6)14-11/h2-5H,11H2,1H3,(H2,10,15)(H,12,14)(H,13,16). The molecule has 1 aromatic heterocycles. The third-order valence-electron chi connectivity index (χ3n) is 2.00. The van der Waals surface area contributed by atoms with Crippen molar-refractivity contribution in [2.45, 2.75) is 13.0 Å². The molecule has 0 aliphatic heterocycles. The quantitative estimate of drug-likeness (QED) is 0.384. The average Bonchev–Trinajstić information content (AvgIpc) is 2.28. The minimum Gasteiger partial charge on any atom is -0.368 e. The van der Waals surface area contributed by atoms with E-state index in [1.54, 1.807) is 6.07 Å². The van der Waals surface area contributed by atoms with E-state index in [0.29, 0.717) is 5.69 Å². The van der Waals surface area contributed by atoms with Gasteiger partial charge in [-0.05, 0) is 13.0 Å². The first-order valence-electron chi connectivity index (χ1n) is 4.57. The van der Waals surface area contributed by atoms with Crippen LogP contribution in [-0.2, 0) is 4.79 Å². The molecule has 16 heavy (non-hydrogen) atoms. The third kappa shape index (κ3) is 2.67. The number of pyridine rings is 1. The van der Waals surface area contributed by atoms with Gasteiger partial charge in [-0.1, -0.05) is 0 Å². The van der Waals surface area contributed by atoms with E-state index in [0.717, 1.165) is 0 Å². The van der Waals surface area contributed by atoms with Gasteiger partial charge in [0.05, 0.1) is 11.3 Å². The summed E-state index contributed by atoms with van der Waals surface area (Å²) in [5, 5.41) is 2.42. The highest BCUT2D eigenvalue weighted by Gasteiger charge is 2.16. The first-order valence-corrected chi connectivity index (χ1v) is 4.57. The number of aromatic nitrogens is 1. The summed E-state index contributed by atoms with van der Waals surface area (Å²) in [6, 6.07) is 0.794. The SMILES string of the molecule is CC(NC(=O)c1cnccc1NN)C(N)=O. The van der Waals surface area contributed by atoms with E-state index in [4.69, 9.17) is 11.6 Å². The number of carbonyl (C=O) groups is 2. The summed E-state index contributed by atoms with van der Waals surface area (Å²) in [6.45, 7) is 1.49. The molecule has 86 valence electrons. The van der Waals surface area contributed by atoms with Crippen molar-refractivity contribution >= 4 is 17.5 Å². The highest BCUT2D eigenvalue weighted by molar-refractivity contribution is 6.01. The van der Waals surface area contributed by atoms with Gasteiger partial charge in [0.25, 0.3) is 5.91 Å². The van der Waals surface area contributed by atoms with Crippen molar-refractivity contribution in [1.82, 2.24) is 10.3 Å². The fraction of sp³-hybridized carbons (Fsp3) is 0.222. The molecule has 1 aromatic rings. The lowest BCUT2D eigenvalue weighted by atomic mass is 10.2. The Morgan fingerprint density at radius 2 is 2.19 bits per heavy atom. The minimum absolute atomic E-state index is 0.248. The molecule has 1 unspecified atom stereocenters. The van der Waals surface area contributed by atoms with Crippen LogP contribution in [0.3, 0.4) is 0 Å². The summed E-state index contributed by atoms with van der Waals surface area (Å²) in [5.74, 6) is 4.15. The van der Waals surface area contributed by atoms with Gasteiger partial charge in [-0.3, -0.25) is 20.4 Å². The van der Waals surface area contributed by atoms with Crippen LogP contribution in [0.5, 0.6) is 0 Å². The Morgan fingerprint density at radius 1 is 1.50 bits per heavy atom. The van der Waals surface area contributed by atoms with Crippen LogP contribution in [-0.4, -0.2) is 22.8 Å². The van der Waals surface area contributed by atoms with Crippen LogP contribution in [0.15, 0.2) is 18.5 Å². The number of hydrazine groups is 1. The first-order chi connectivity index (χ1) is 7.56. The monoisotopic (exact) mass is 223 g/mol. The highest BCUT2D eigenvalue weighted by Crippen LogP contribution is 2.11. The minimum atomic E-state index is -0.752. The molecule has 1 atom stereocenters. The molecule has 0 saturated carbocycles. The summed E-state index contributed by atoms with van der Waals surface area (Å²) in [6.07, 6.45) is 2.84. The Kier molecular flexibility index (Phi) is 3.78. The van der Waals surface area contributed by atoms with Crippen LogP contribution in [0.2, 0.25) is 0 Å². The Hall–Kier alpha value is -2.15. The number of anilines is 1. The molecule has 0 fully saturated rings. The van der Waals surface area contributed by atoms with E-state index in [-0.39, 0.29) is 5.56 Å². The van der Waals surface area contributed by atoms with Crippen molar-refractivity contribution in [2.24, 2.45) is 11.6 Å². The van der Waals surface area contributed by atoms with Crippen molar-refractivity contribution in [3.05, 3.63) is 24.0 Å². The van der Waals surface area contributed by atoms with E-state index in [1.807, 2.05) is 0 Å². The smallest absolute Gasteiger partial charge is 0.255 e. The molecule has 7 heteroatoms. The Bertz CT molecular complexity index is 407. The lowest BCUT2D eigenvalue weighted by Gasteiger charge is -2.12. The van der Waals surface area contributed by atoms with Gasteiger partial charge in [0.1, 0.15) is 6.04 Å². The van der Waals surface area contributed by atoms with Crippen LogP contribution in [0.1, 0.15) is 17.3 Å². The molecule has 0 aliphatic rings. The number of carbonyl (C=O) groups excluding carboxylic acids is 2. The van der Waals surface area contributed by atoms with Gasteiger partial charge in [-0.25, -0.2) is 0 Å². The normalized spacial score (nSPS) is 11.6. The molecule has 1 rings (SSSR count). The number of hydrogen-bond acceptors (Lipinski definition) is 5. The largest absolute Gasteiger partial charge is 0.368 e. The number of nitrogens with two attached hydrogens (primary N) is 2. The predicted molar refractivity (Wildman–Crippen MR) is 58.2 cm³/mol. The Morgan fingerprint density at radius 3 is 2.75 bits per heavy atom.